The number of fused-ring (bicyclic) bond motifs is 2. The van der Waals surface area contributed by atoms with E-state index in [1.165, 1.54) is 11.8 Å². The van der Waals surface area contributed by atoms with Gasteiger partial charge >= 0.3 is 0 Å². The molecule has 3 aromatic rings. The maximum atomic E-state index is 13.0. The van der Waals surface area contributed by atoms with E-state index in [0.717, 1.165) is 27.3 Å². The second-order valence-electron chi connectivity index (χ2n) is 7.88. The van der Waals surface area contributed by atoms with Gasteiger partial charge in [0, 0.05) is 24.1 Å². The van der Waals surface area contributed by atoms with Crippen LogP contribution in [0.15, 0.2) is 70.5 Å². The number of carbonyl (C=O) groups excluding carboxylic acids is 2. The van der Waals surface area contributed by atoms with Crippen LogP contribution < -0.4 is 19.7 Å². The lowest BCUT2D eigenvalue weighted by Gasteiger charge is -2.27. The number of aryl methyl sites for hydroxylation is 1. The summed E-state index contributed by atoms with van der Waals surface area (Å²) in [4.78, 5) is 29.0. The van der Waals surface area contributed by atoms with E-state index in [1.807, 2.05) is 61.5 Å². The van der Waals surface area contributed by atoms with E-state index in [-0.39, 0.29) is 18.6 Å². The Bertz CT molecular complexity index is 1300. The van der Waals surface area contributed by atoms with Crippen molar-refractivity contribution in [3.8, 4) is 11.5 Å². The summed E-state index contributed by atoms with van der Waals surface area (Å²) >= 11 is 1.43. The van der Waals surface area contributed by atoms with Gasteiger partial charge in [-0.1, -0.05) is 42.1 Å². The molecule has 0 saturated heterocycles. The Kier molecular flexibility index (Phi) is 5.56. The molecule has 0 fully saturated rings. The van der Waals surface area contributed by atoms with Gasteiger partial charge in [0.05, 0.1) is 10.6 Å². The molecular weight excluding hydrogens is 436 g/mol. The zero-order chi connectivity index (χ0) is 22.9. The number of likely N-dealkylation sites (N-methyl/N-ethyl adjacent to an activating group) is 1. The van der Waals surface area contributed by atoms with Crippen molar-refractivity contribution < 1.29 is 19.1 Å². The van der Waals surface area contributed by atoms with Crippen molar-refractivity contribution in [3.05, 3.63) is 87.8 Å². The third-order valence-corrected chi connectivity index (χ3v) is 6.76. The molecule has 0 unspecified atom stereocenters. The van der Waals surface area contributed by atoms with E-state index in [2.05, 4.69) is 5.32 Å². The van der Waals surface area contributed by atoms with E-state index in [1.54, 1.807) is 24.1 Å². The van der Waals surface area contributed by atoms with Crippen molar-refractivity contribution in [3.63, 3.8) is 0 Å². The van der Waals surface area contributed by atoms with E-state index < -0.39 is 0 Å². The Morgan fingerprint density at radius 3 is 2.76 bits per heavy atom. The number of thioether (sulfide) groups is 1. The number of ether oxygens (including phenoxy) is 2. The van der Waals surface area contributed by atoms with Crippen molar-refractivity contribution in [1.29, 1.82) is 0 Å². The lowest BCUT2D eigenvalue weighted by atomic mass is 10.1. The summed E-state index contributed by atoms with van der Waals surface area (Å²) in [6.07, 6.45) is 1.92. The van der Waals surface area contributed by atoms with Crippen LogP contribution in [0, 0.1) is 6.92 Å². The molecular formula is C26H22N2O4S. The average molecular weight is 459 g/mol. The number of carbonyl (C=O) groups is 2. The first-order valence-corrected chi connectivity index (χ1v) is 11.4. The zero-order valence-electron chi connectivity index (χ0n) is 18.3. The van der Waals surface area contributed by atoms with Crippen molar-refractivity contribution in [2.75, 3.05) is 18.7 Å². The van der Waals surface area contributed by atoms with Gasteiger partial charge in [-0.3, -0.25) is 9.59 Å². The normalized spacial score (nSPS) is 15.5. The first-order chi connectivity index (χ1) is 16.0. The third-order valence-electron chi connectivity index (χ3n) is 5.68. The predicted molar refractivity (Wildman–Crippen MR) is 129 cm³/mol. The van der Waals surface area contributed by atoms with E-state index in [0.29, 0.717) is 28.5 Å². The summed E-state index contributed by atoms with van der Waals surface area (Å²) in [5, 5.41) is 2.93. The molecule has 33 heavy (non-hydrogen) atoms. The molecule has 6 nitrogen and oxygen atoms in total. The lowest BCUT2D eigenvalue weighted by Crippen LogP contribution is -2.31. The summed E-state index contributed by atoms with van der Waals surface area (Å²) in [5.74, 6) is 1.10. The second-order valence-corrected chi connectivity index (χ2v) is 8.97. The molecule has 7 heteroatoms. The van der Waals surface area contributed by atoms with Crippen LogP contribution >= 0.6 is 11.8 Å². The van der Waals surface area contributed by atoms with Gasteiger partial charge in [-0.25, -0.2) is 0 Å². The summed E-state index contributed by atoms with van der Waals surface area (Å²) in [5.41, 5.74) is 4.27. The smallest absolute Gasteiger partial charge is 0.264 e. The van der Waals surface area contributed by atoms with Crippen LogP contribution in [0.5, 0.6) is 11.5 Å². The highest BCUT2D eigenvalue weighted by Gasteiger charge is 2.27. The molecule has 1 N–H and O–H groups in total. The SMILES string of the molecule is Cc1ccccc1/C=C1/Sc2ccc(C(=O)NCc3ccc4c(c3)OCO4)cc2N(C)C1=O. The number of nitrogens with zero attached hydrogens (tertiary/aromatic N) is 1. The van der Waals surface area contributed by atoms with Crippen LogP contribution in [0.4, 0.5) is 5.69 Å². The molecule has 0 bridgehead atoms. The van der Waals surface area contributed by atoms with Crippen molar-refractivity contribution >= 4 is 35.3 Å². The maximum absolute atomic E-state index is 13.0. The molecule has 3 aromatic carbocycles. The minimum absolute atomic E-state index is 0.0892. The summed E-state index contributed by atoms with van der Waals surface area (Å²) < 4.78 is 10.7. The number of hydrogen-bond donors (Lipinski definition) is 1. The highest BCUT2D eigenvalue weighted by atomic mass is 32.2. The third kappa shape index (κ3) is 4.19. The average Bonchev–Trinajstić information content (AvgIpc) is 3.30. The largest absolute Gasteiger partial charge is 0.454 e. The van der Waals surface area contributed by atoms with Crippen LogP contribution in [-0.4, -0.2) is 25.7 Å². The highest BCUT2D eigenvalue weighted by Crippen LogP contribution is 2.42. The Labute approximate surface area is 196 Å². The molecule has 0 aliphatic carbocycles. The van der Waals surface area contributed by atoms with Crippen LogP contribution in [-0.2, 0) is 11.3 Å². The standard InChI is InChI=1S/C26H22N2O4S/c1-16-5-3-4-6-18(16)13-24-26(30)28(2)20-12-19(8-10-23(20)33-24)25(29)27-14-17-7-9-21-22(11-17)32-15-31-21/h3-13H,14-15H2,1-2H3,(H,27,29)/b24-13+. The number of hydrogen-bond acceptors (Lipinski definition) is 5. The van der Waals surface area contributed by atoms with Crippen molar-refractivity contribution in [1.82, 2.24) is 5.32 Å². The highest BCUT2D eigenvalue weighted by molar-refractivity contribution is 8.04. The van der Waals surface area contributed by atoms with E-state index >= 15 is 0 Å². The van der Waals surface area contributed by atoms with Crippen LogP contribution in [0.3, 0.4) is 0 Å². The number of benzene rings is 3. The Morgan fingerprint density at radius 1 is 1.09 bits per heavy atom. The fourth-order valence-electron chi connectivity index (χ4n) is 3.76. The molecule has 2 heterocycles. The van der Waals surface area contributed by atoms with Gasteiger partial charge in [0.25, 0.3) is 11.8 Å². The minimum Gasteiger partial charge on any atom is -0.454 e. The van der Waals surface area contributed by atoms with Gasteiger partial charge in [0.15, 0.2) is 11.5 Å². The molecule has 166 valence electrons. The summed E-state index contributed by atoms with van der Waals surface area (Å²) in [7, 11) is 1.74. The number of rotatable bonds is 4. The van der Waals surface area contributed by atoms with Crippen LogP contribution in [0.25, 0.3) is 6.08 Å². The molecule has 0 aromatic heterocycles. The molecule has 2 amide bonds. The fourth-order valence-corrected chi connectivity index (χ4v) is 4.84. The molecule has 2 aliphatic rings. The zero-order valence-corrected chi connectivity index (χ0v) is 19.1. The fraction of sp³-hybridized carbons (Fsp3) is 0.154. The van der Waals surface area contributed by atoms with Gasteiger partial charge < -0.3 is 19.7 Å². The van der Waals surface area contributed by atoms with Gasteiger partial charge in [-0.05, 0) is 60.0 Å². The number of nitrogens with one attached hydrogen (secondary N) is 1. The quantitative estimate of drug-likeness (QED) is 0.571. The molecule has 0 atom stereocenters. The summed E-state index contributed by atoms with van der Waals surface area (Å²) in [6, 6.07) is 19.0. The first kappa shape index (κ1) is 21.2. The maximum Gasteiger partial charge on any atom is 0.264 e. The molecule has 0 saturated carbocycles. The van der Waals surface area contributed by atoms with Crippen molar-refractivity contribution in [2.45, 2.75) is 18.4 Å². The van der Waals surface area contributed by atoms with Gasteiger partial charge in [0.2, 0.25) is 6.79 Å². The lowest BCUT2D eigenvalue weighted by molar-refractivity contribution is -0.114. The van der Waals surface area contributed by atoms with Gasteiger partial charge in [-0.15, -0.1) is 0 Å². The van der Waals surface area contributed by atoms with Crippen LogP contribution in [0.2, 0.25) is 0 Å². The Hall–Kier alpha value is -3.71. The molecule has 2 aliphatic heterocycles. The van der Waals surface area contributed by atoms with Crippen molar-refractivity contribution in [2.24, 2.45) is 0 Å². The minimum atomic E-state index is -0.206. The van der Waals surface area contributed by atoms with E-state index in [9.17, 15) is 9.59 Å². The topological polar surface area (TPSA) is 67.9 Å². The van der Waals surface area contributed by atoms with E-state index in [4.69, 9.17) is 9.47 Å². The van der Waals surface area contributed by atoms with Gasteiger partial charge in [0.1, 0.15) is 0 Å². The Morgan fingerprint density at radius 2 is 1.91 bits per heavy atom. The predicted octanol–water partition coefficient (Wildman–Crippen LogP) is 4.76. The first-order valence-electron chi connectivity index (χ1n) is 10.5. The number of amides is 2. The van der Waals surface area contributed by atoms with Crippen LogP contribution in [0.1, 0.15) is 27.0 Å². The van der Waals surface area contributed by atoms with Gasteiger partial charge in [-0.2, -0.15) is 0 Å². The number of anilines is 1. The monoisotopic (exact) mass is 458 g/mol. The molecule has 0 radical (unpaired) electrons. The summed E-state index contributed by atoms with van der Waals surface area (Å²) in [6.45, 7) is 2.60. The second kappa shape index (κ2) is 8.67. The Balaban J connectivity index is 1.33. The molecule has 5 rings (SSSR count). The molecule has 0 spiro atoms.